The minimum Gasteiger partial charge on any atom is -0.496 e. The predicted molar refractivity (Wildman–Crippen MR) is 64.3 cm³/mol. The first-order chi connectivity index (χ1) is 7.19. The standard InChI is InChI=1S/C13H21NO/c1-5-11(3)14-9-12-8-6-7-10(2)13(12)15-4/h6-8,11,14H,5,9H2,1-4H3. The van der Waals surface area contributed by atoms with Crippen molar-refractivity contribution >= 4 is 0 Å². The first kappa shape index (κ1) is 12.1. The van der Waals surface area contributed by atoms with Crippen LogP contribution in [-0.2, 0) is 6.54 Å². The number of aryl methyl sites for hydroxylation is 1. The van der Waals surface area contributed by atoms with Gasteiger partial charge in [-0.05, 0) is 25.8 Å². The first-order valence-corrected chi connectivity index (χ1v) is 5.54. The summed E-state index contributed by atoms with van der Waals surface area (Å²) >= 11 is 0. The summed E-state index contributed by atoms with van der Waals surface area (Å²) in [6.07, 6.45) is 1.15. The van der Waals surface area contributed by atoms with Gasteiger partial charge in [-0.3, -0.25) is 0 Å². The molecule has 0 amide bonds. The number of benzene rings is 1. The van der Waals surface area contributed by atoms with Crippen molar-refractivity contribution in [2.45, 2.75) is 39.8 Å². The summed E-state index contributed by atoms with van der Waals surface area (Å²) in [5, 5.41) is 3.47. The van der Waals surface area contributed by atoms with E-state index >= 15 is 0 Å². The molecule has 0 radical (unpaired) electrons. The average Bonchev–Trinajstić information content (AvgIpc) is 2.25. The fourth-order valence-electron chi connectivity index (χ4n) is 1.57. The molecule has 2 heteroatoms. The summed E-state index contributed by atoms with van der Waals surface area (Å²) in [5.41, 5.74) is 2.43. The van der Waals surface area contributed by atoms with Gasteiger partial charge in [0, 0.05) is 18.2 Å². The lowest BCUT2D eigenvalue weighted by Gasteiger charge is -2.15. The zero-order chi connectivity index (χ0) is 11.3. The van der Waals surface area contributed by atoms with Crippen LogP contribution < -0.4 is 10.1 Å². The Hall–Kier alpha value is -1.02. The molecular formula is C13H21NO. The van der Waals surface area contributed by atoms with Crippen LogP contribution in [0.3, 0.4) is 0 Å². The van der Waals surface area contributed by atoms with E-state index in [2.05, 4.69) is 44.3 Å². The smallest absolute Gasteiger partial charge is 0.126 e. The normalized spacial score (nSPS) is 12.5. The molecule has 0 fully saturated rings. The van der Waals surface area contributed by atoms with Gasteiger partial charge in [-0.1, -0.05) is 25.1 Å². The van der Waals surface area contributed by atoms with E-state index < -0.39 is 0 Å². The summed E-state index contributed by atoms with van der Waals surface area (Å²) < 4.78 is 5.40. The minimum atomic E-state index is 0.551. The van der Waals surface area contributed by atoms with Crippen LogP contribution in [0, 0.1) is 6.92 Å². The molecule has 0 aliphatic rings. The first-order valence-electron chi connectivity index (χ1n) is 5.54. The molecule has 0 spiro atoms. The van der Waals surface area contributed by atoms with Crippen molar-refractivity contribution in [3.05, 3.63) is 29.3 Å². The molecule has 1 aromatic carbocycles. The largest absolute Gasteiger partial charge is 0.496 e. The highest BCUT2D eigenvalue weighted by molar-refractivity contribution is 5.40. The molecule has 1 unspecified atom stereocenters. The summed E-state index contributed by atoms with van der Waals surface area (Å²) in [6, 6.07) is 6.81. The molecule has 0 aliphatic heterocycles. The van der Waals surface area contributed by atoms with Gasteiger partial charge >= 0.3 is 0 Å². The minimum absolute atomic E-state index is 0.551. The van der Waals surface area contributed by atoms with Crippen molar-refractivity contribution < 1.29 is 4.74 Å². The summed E-state index contributed by atoms with van der Waals surface area (Å²) in [7, 11) is 1.73. The second-order valence-corrected chi connectivity index (χ2v) is 3.96. The summed E-state index contributed by atoms with van der Waals surface area (Å²) in [4.78, 5) is 0. The Balaban J connectivity index is 2.72. The number of hydrogen-bond donors (Lipinski definition) is 1. The van der Waals surface area contributed by atoms with Crippen LogP contribution in [0.5, 0.6) is 5.75 Å². The van der Waals surface area contributed by atoms with Gasteiger partial charge in [-0.25, -0.2) is 0 Å². The molecule has 84 valence electrons. The third kappa shape index (κ3) is 3.24. The number of hydrogen-bond acceptors (Lipinski definition) is 2. The Morgan fingerprint density at radius 3 is 2.73 bits per heavy atom. The molecule has 0 heterocycles. The molecule has 2 nitrogen and oxygen atoms in total. The highest BCUT2D eigenvalue weighted by Crippen LogP contribution is 2.22. The number of ether oxygens (including phenoxy) is 1. The average molecular weight is 207 g/mol. The van der Waals surface area contributed by atoms with Gasteiger partial charge in [0.2, 0.25) is 0 Å². The Morgan fingerprint density at radius 2 is 2.13 bits per heavy atom. The zero-order valence-electron chi connectivity index (χ0n) is 10.1. The van der Waals surface area contributed by atoms with Crippen LogP contribution in [-0.4, -0.2) is 13.2 Å². The molecule has 0 bridgehead atoms. The maximum Gasteiger partial charge on any atom is 0.126 e. The van der Waals surface area contributed by atoms with E-state index in [1.807, 2.05) is 0 Å². The third-order valence-electron chi connectivity index (χ3n) is 2.75. The van der Waals surface area contributed by atoms with Crippen molar-refractivity contribution in [3.63, 3.8) is 0 Å². The summed E-state index contributed by atoms with van der Waals surface area (Å²) in [5.74, 6) is 1.01. The Labute approximate surface area is 92.6 Å². The molecule has 15 heavy (non-hydrogen) atoms. The van der Waals surface area contributed by atoms with E-state index in [0.29, 0.717) is 6.04 Å². The second kappa shape index (κ2) is 5.76. The van der Waals surface area contributed by atoms with Crippen molar-refractivity contribution in [2.75, 3.05) is 7.11 Å². The number of methoxy groups -OCH3 is 1. The van der Waals surface area contributed by atoms with Crippen molar-refractivity contribution in [1.29, 1.82) is 0 Å². The Morgan fingerprint density at radius 1 is 1.40 bits per heavy atom. The number of para-hydroxylation sites is 1. The third-order valence-corrected chi connectivity index (χ3v) is 2.75. The summed E-state index contributed by atoms with van der Waals surface area (Å²) in [6.45, 7) is 7.33. The van der Waals surface area contributed by atoms with Crippen LogP contribution in [0.1, 0.15) is 31.4 Å². The van der Waals surface area contributed by atoms with E-state index in [4.69, 9.17) is 4.74 Å². The molecule has 0 saturated carbocycles. The van der Waals surface area contributed by atoms with E-state index in [9.17, 15) is 0 Å². The van der Waals surface area contributed by atoms with Crippen molar-refractivity contribution in [2.24, 2.45) is 0 Å². The molecule has 1 N–H and O–H groups in total. The highest BCUT2D eigenvalue weighted by Gasteiger charge is 2.06. The van der Waals surface area contributed by atoms with Crippen LogP contribution in [0.2, 0.25) is 0 Å². The van der Waals surface area contributed by atoms with Gasteiger partial charge in [-0.15, -0.1) is 0 Å². The van der Waals surface area contributed by atoms with Crippen molar-refractivity contribution in [3.8, 4) is 5.75 Å². The molecule has 0 aromatic heterocycles. The quantitative estimate of drug-likeness (QED) is 0.801. The van der Waals surface area contributed by atoms with Gasteiger partial charge in [0.1, 0.15) is 5.75 Å². The zero-order valence-corrected chi connectivity index (χ0v) is 10.1. The van der Waals surface area contributed by atoms with Crippen molar-refractivity contribution in [1.82, 2.24) is 5.32 Å². The molecule has 0 aliphatic carbocycles. The molecule has 1 rings (SSSR count). The maximum atomic E-state index is 5.40. The number of nitrogens with one attached hydrogen (secondary N) is 1. The van der Waals surface area contributed by atoms with E-state index in [0.717, 1.165) is 18.7 Å². The van der Waals surface area contributed by atoms with Gasteiger partial charge in [0.25, 0.3) is 0 Å². The maximum absolute atomic E-state index is 5.40. The monoisotopic (exact) mass is 207 g/mol. The lowest BCUT2D eigenvalue weighted by molar-refractivity contribution is 0.402. The van der Waals surface area contributed by atoms with Gasteiger partial charge in [0.15, 0.2) is 0 Å². The molecule has 1 aromatic rings. The molecular weight excluding hydrogens is 186 g/mol. The highest BCUT2D eigenvalue weighted by atomic mass is 16.5. The predicted octanol–water partition coefficient (Wildman–Crippen LogP) is 2.89. The van der Waals surface area contributed by atoms with Crippen LogP contribution in [0.15, 0.2) is 18.2 Å². The Bertz CT molecular complexity index is 309. The van der Waals surface area contributed by atoms with E-state index in [1.165, 1.54) is 11.1 Å². The van der Waals surface area contributed by atoms with E-state index in [1.54, 1.807) is 7.11 Å². The lowest BCUT2D eigenvalue weighted by Crippen LogP contribution is -2.24. The van der Waals surface area contributed by atoms with E-state index in [-0.39, 0.29) is 0 Å². The lowest BCUT2D eigenvalue weighted by atomic mass is 10.1. The number of rotatable bonds is 5. The topological polar surface area (TPSA) is 21.3 Å². The Kier molecular flexibility index (Phi) is 4.63. The van der Waals surface area contributed by atoms with Crippen LogP contribution in [0.4, 0.5) is 0 Å². The second-order valence-electron chi connectivity index (χ2n) is 3.96. The van der Waals surface area contributed by atoms with Crippen LogP contribution >= 0.6 is 0 Å². The molecule has 1 atom stereocenters. The molecule has 0 saturated heterocycles. The SMILES string of the molecule is CCC(C)NCc1cccc(C)c1OC. The fraction of sp³-hybridized carbons (Fsp3) is 0.538. The van der Waals surface area contributed by atoms with Gasteiger partial charge in [0.05, 0.1) is 7.11 Å². The van der Waals surface area contributed by atoms with Crippen LogP contribution in [0.25, 0.3) is 0 Å². The van der Waals surface area contributed by atoms with Gasteiger partial charge < -0.3 is 10.1 Å². The fourth-order valence-corrected chi connectivity index (χ4v) is 1.57. The van der Waals surface area contributed by atoms with Gasteiger partial charge in [-0.2, -0.15) is 0 Å².